The third-order valence-electron chi connectivity index (χ3n) is 4.36. The number of aromatic nitrogens is 2. The topological polar surface area (TPSA) is 90.1 Å². The Morgan fingerprint density at radius 2 is 1.89 bits per heavy atom. The molecule has 7 nitrogen and oxygen atoms in total. The van der Waals surface area contributed by atoms with Crippen molar-refractivity contribution in [1.82, 2.24) is 9.78 Å². The molecule has 0 aliphatic rings. The van der Waals surface area contributed by atoms with Crippen molar-refractivity contribution in [1.29, 1.82) is 0 Å². The van der Waals surface area contributed by atoms with E-state index in [1.165, 1.54) is 11.6 Å². The SMILES string of the molecule is Cc1nn(C)c(NC(=O)c2cc(F)c(C)c([N+](=O)[O-])c2)c1-c1ccc(Br)cc1. The second-order valence-electron chi connectivity index (χ2n) is 6.25. The third kappa shape index (κ3) is 3.65. The fourth-order valence-corrected chi connectivity index (χ4v) is 3.19. The molecule has 1 amide bonds. The second kappa shape index (κ2) is 7.51. The summed E-state index contributed by atoms with van der Waals surface area (Å²) in [7, 11) is 1.67. The normalized spacial score (nSPS) is 10.8. The maximum absolute atomic E-state index is 14.1. The first kappa shape index (κ1) is 19.7. The van der Waals surface area contributed by atoms with Crippen molar-refractivity contribution in [3.63, 3.8) is 0 Å². The first-order valence-electron chi connectivity index (χ1n) is 8.24. The number of hydrogen-bond donors (Lipinski definition) is 1. The summed E-state index contributed by atoms with van der Waals surface area (Å²) in [5, 5.41) is 18.2. The molecule has 2 aromatic carbocycles. The summed E-state index contributed by atoms with van der Waals surface area (Å²) in [6, 6.07) is 9.54. The number of hydrogen-bond acceptors (Lipinski definition) is 4. The van der Waals surface area contributed by atoms with Gasteiger partial charge in [-0.15, -0.1) is 0 Å². The van der Waals surface area contributed by atoms with Gasteiger partial charge in [0.25, 0.3) is 11.6 Å². The van der Waals surface area contributed by atoms with Gasteiger partial charge >= 0.3 is 0 Å². The fraction of sp³-hybridized carbons (Fsp3) is 0.158. The maximum Gasteiger partial charge on any atom is 0.276 e. The molecule has 0 saturated carbocycles. The number of nitro groups is 1. The number of aryl methyl sites for hydroxylation is 2. The van der Waals surface area contributed by atoms with Gasteiger partial charge in [-0.05, 0) is 37.6 Å². The molecule has 0 aliphatic carbocycles. The molecule has 0 radical (unpaired) electrons. The second-order valence-corrected chi connectivity index (χ2v) is 7.17. The maximum atomic E-state index is 14.1. The average Bonchev–Trinajstić information content (AvgIpc) is 2.91. The van der Waals surface area contributed by atoms with Crippen molar-refractivity contribution in [2.75, 3.05) is 5.32 Å². The zero-order chi connectivity index (χ0) is 20.6. The molecule has 0 unspecified atom stereocenters. The van der Waals surface area contributed by atoms with Crippen LogP contribution in [0.2, 0.25) is 0 Å². The van der Waals surface area contributed by atoms with E-state index >= 15 is 0 Å². The first-order valence-corrected chi connectivity index (χ1v) is 9.03. The van der Waals surface area contributed by atoms with Gasteiger partial charge in [-0.25, -0.2) is 4.39 Å². The van der Waals surface area contributed by atoms with Crippen LogP contribution in [0.25, 0.3) is 11.1 Å². The number of rotatable bonds is 4. The predicted octanol–water partition coefficient (Wildman–Crippen LogP) is 4.77. The van der Waals surface area contributed by atoms with E-state index in [1.807, 2.05) is 31.2 Å². The van der Waals surface area contributed by atoms with E-state index in [9.17, 15) is 19.3 Å². The number of nitrogens with zero attached hydrogens (tertiary/aromatic N) is 3. The molecule has 1 heterocycles. The van der Waals surface area contributed by atoms with Crippen LogP contribution in [0.15, 0.2) is 40.9 Å². The minimum Gasteiger partial charge on any atom is -0.306 e. The van der Waals surface area contributed by atoms with E-state index in [2.05, 4.69) is 26.3 Å². The standard InChI is InChI=1S/C19H16BrFN4O3/c1-10-15(21)8-13(9-16(10)25(27)28)19(26)22-18-17(11(2)23-24(18)3)12-4-6-14(20)7-5-12/h4-9H,1-3H3,(H,22,26). The molecule has 0 aliphatic heterocycles. The Labute approximate surface area is 168 Å². The number of benzene rings is 2. The van der Waals surface area contributed by atoms with Gasteiger partial charge in [0.15, 0.2) is 0 Å². The van der Waals surface area contributed by atoms with Gasteiger partial charge in [0.05, 0.1) is 16.2 Å². The van der Waals surface area contributed by atoms with E-state index in [0.29, 0.717) is 17.1 Å². The highest BCUT2D eigenvalue weighted by Gasteiger charge is 2.22. The summed E-state index contributed by atoms with van der Waals surface area (Å²) in [6.45, 7) is 3.11. The Morgan fingerprint density at radius 1 is 1.25 bits per heavy atom. The molecule has 0 fully saturated rings. The lowest BCUT2D eigenvalue weighted by Crippen LogP contribution is -2.16. The third-order valence-corrected chi connectivity index (χ3v) is 4.89. The number of anilines is 1. The molecular weight excluding hydrogens is 431 g/mol. The Hall–Kier alpha value is -3.07. The molecule has 144 valence electrons. The van der Waals surface area contributed by atoms with Gasteiger partial charge in [-0.2, -0.15) is 5.10 Å². The summed E-state index contributed by atoms with van der Waals surface area (Å²) in [6.07, 6.45) is 0. The number of amides is 1. The van der Waals surface area contributed by atoms with E-state index in [-0.39, 0.29) is 11.1 Å². The van der Waals surface area contributed by atoms with Crippen molar-refractivity contribution in [3.05, 3.63) is 73.6 Å². The van der Waals surface area contributed by atoms with Crippen LogP contribution in [0.1, 0.15) is 21.6 Å². The zero-order valence-electron chi connectivity index (χ0n) is 15.3. The van der Waals surface area contributed by atoms with Crippen LogP contribution < -0.4 is 5.32 Å². The summed E-state index contributed by atoms with van der Waals surface area (Å²) in [5.41, 5.74) is 1.54. The van der Waals surface area contributed by atoms with Crippen molar-refractivity contribution in [2.45, 2.75) is 13.8 Å². The van der Waals surface area contributed by atoms with Crippen LogP contribution in [0.4, 0.5) is 15.9 Å². The molecule has 3 rings (SSSR count). The van der Waals surface area contributed by atoms with Gasteiger partial charge in [-0.3, -0.25) is 19.6 Å². The minimum atomic E-state index is -0.811. The van der Waals surface area contributed by atoms with Gasteiger partial charge in [0.1, 0.15) is 11.6 Å². The lowest BCUT2D eigenvalue weighted by molar-refractivity contribution is -0.385. The summed E-state index contributed by atoms with van der Waals surface area (Å²) in [4.78, 5) is 23.1. The smallest absolute Gasteiger partial charge is 0.276 e. The molecule has 0 spiro atoms. The number of carbonyl (C=O) groups excluding carboxylic acids is 1. The van der Waals surface area contributed by atoms with Crippen molar-refractivity contribution in [3.8, 4) is 11.1 Å². The zero-order valence-corrected chi connectivity index (χ0v) is 16.9. The summed E-state index contributed by atoms with van der Waals surface area (Å²) >= 11 is 3.38. The van der Waals surface area contributed by atoms with Gasteiger partial charge in [0.2, 0.25) is 0 Å². The molecule has 0 bridgehead atoms. The average molecular weight is 447 g/mol. The highest BCUT2D eigenvalue weighted by atomic mass is 79.9. The van der Waals surface area contributed by atoms with Crippen LogP contribution in [-0.2, 0) is 7.05 Å². The van der Waals surface area contributed by atoms with Gasteiger partial charge in [0, 0.05) is 28.7 Å². The van der Waals surface area contributed by atoms with Crippen LogP contribution in [-0.4, -0.2) is 20.6 Å². The molecule has 0 atom stereocenters. The van der Waals surface area contributed by atoms with E-state index in [1.54, 1.807) is 7.05 Å². The molecule has 28 heavy (non-hydrogen) atoms. The molecule has 1 N–H and O–H groups in total. The molecular formula is C19H16BrFN4O3. The van der Waals surface area contributed by atoms with E-state index in [4.69, 9.17) is 0 Å². The Morgan fingerprint density at radius 3 is 2.50 bits per heavy atom. The monoisotopic (exact) mass is 446 g/mol. The largest absolute Gasteiger partial charge is 0.306 e. The van der Waals surface area contributed by atoms with Crippen molar-refractivity contribution in [2.24, 2.45) is 7.05 Å². The first-order chi connectivity index (χ1) is 13.2. The quantitative estimate of drug-likeness (QED) is 0.461. The highest BCUT2D eigenvalue weighted by Crippen LogP contribution is 2.32. The number of carbonyl (C=O) groups is 1. The van der Waals surface area contributed by atoms with Gasteiger partial charge < -0.3 is 5.32 Å². The number of nitrogens with one attached hydrogen (secondary N) is 1. The molecule has 3 aromatic rings. The van der Waals surface area contributed by atoms with Gasteiger partial charge in [-0.1, -0.05) is 28.1 Å². The van der Waals surface area contributed by atoms with Crippen LogP contribution in [0.5, 0.6) is 0 Å². The van der Waals surface area contributed by atoms with E-state index in [0.717, 1.165) is 22.2 Å². The molecule has 9 heteroatoms. The highest BCUT2D eigenvalue weighted by molar-refractivity contribution is 9.10. The van der Waals surface area contributed by atoms with Crippen LogP contribution >= 0.6 is 15.9 Å². The van der Waals surface area contributed by atoms with Crippen LogP contribution in [0.3, 0.4) is 0 Å². The Bertz CT molecular complexity index is 1090. The molecule has 1 aromatic heterocycles. The predicted molar refractivity (Wildman–Crippen MR) is 107 cm³/mol. The van der Waals surface area contributed by atoms with Crippen molar-refractivity contribution < 1.29 is 14.1 Å². The number of halogens is 2. The summed E-state index contributed by atoms with van der Waals surface area (Å²) < 4.78 is 16.5. The fourth-order valence-electron chi connectivity index (χ4n) is 2.93. The lowest BCUT2D eigenvalue weighted by Gasteiger charge is -2.10. The minimum absolute atomic E-state index is 0.117. The van der Waals surface area contributed by atoms with Crippen molar-refractivity contribution >= 4 is 33.3 Å². The number of nitro benzene ring substituents is 1. The van der Waals surface area contributed by atoms with E-state index < -0.39 is 22.3 Å². The summed E-state index contributed by atoms with van der Waals surface area (Å²) in [5.74, 6) is -1.06. The molecule has 0 saturated heterocycles. The lowest BCUT2D eigenvalue weighted by atomic mass is 10.1. The van der Waals surface area contributed by atoms with Crippen LogP contribution in [0, 0.1) is 29.8 Å². The Balaban J connectivity index is 2.02. The Kier molecular flexibility index (Phi) is 5.28.